The number of benzene rings is 1. The zero-order valence-corrected chi connectivity index (χ0v) is 9.99. The van der Waals surface area contributed by atoms with Gasteiger partial charge in [0.15, 0.2) is 0 Å². The summed E-state index contributed by atoms with van der Waals surface area (Å²) in [5.41, 5.74) is -0.337. The first-order valence-corrected chi connectivity index (χ1v) is 5.39. The van der Waals surface area contributed by atoms with Crippen LogP contribution in [-0.2, 0) is 5.41 Å². The number of carbonyl (C=O) groups is 1. The van der Waals surface area contributed by atoms with E-state index < -0.39 is 17.2 Å². The van der Waals surface area contributed by atoms with Gasteiger partial charge in [-0.25, -0.2) is 14.2 Å². The van der Waals surface area contributed by atoms with Crippen molar-refractivity contribution in [2.75, 3.05) is 6.61 Å². The molecule has 0 spiro atoms. The number of aromatic nitrogens is 2. The van der Waals surface area contributed by atoms with Crippen molar-refractivity contribution >= 4 is 17.0 Å². The van der Waals surface area contributed by atoms with Crippen molar-refractivity contribution in [1.29, 1.82) is 0 Å². The Kier molecular flexibility index (Phi) is 2.82. The molecule has 0 bridgehead atoms. The lowest BCUT2D eigenvalue weighted by Crippen LogP contribution is -2.23. The van der Waals surface area contributed by atoms with E-state index >= 15 is 0 Å². The second-order valence-electron chi connectivity index (χ2n) is 4.78. The largest absolute Gasteiger partial charge is 0.478 e. The lowest BCUT2D eigenvalue weighted by molar-refractivity contribution is 0.0698. The number of H-pyrrole nitrogens is 1. The highest BCUT2D eigenvalue weighted by Gasteiger charge is 2.25. The number of aliphatic hydroxyl groups is 1. The van der Waals surface area contributed by atoms with Gasteiger partial charge in [0.1, 0.15) is 17.2 Å². The highest BCUT2D eigenvalue weighted by molar-refractivity contribution is 6.01. The molecule has 5 nitrogen and oxygen atoms in total. The molecule has 2 aromatic rings. The number of aromatic carboxylic acids is 1. The fourth-order valence-electron chi connectivity index (χ4n) is 1.64. The van der Waals surface area contributed by atoms with Gasteiger partial charge in [-0.1, -0.05) is 13.8 Å². The molecular weight excluding hydrogens is 239 g/mol. The van der Waals surface area contributed by atoms with E-state index in [0.29, 0.717) is 11.3 Å². The highest BCUT2D eigenvalue weighted by atomic mass is 19.1. The number of nitrogens with one attached hydrogen (secondary N) is 1. The molecule has 18 heavy (non-hydrogen) atoms. The molecule has 1 heterocycles. The molecule has 1 aromatic heterocycles. The molecule has 0 radical (unpaired) electrons. The Hall–Kier alpha value is -1.95. The van der Waals surface area contributed by atoms with E-state index in [1.165, 1.54) is 6.07 Å². The van der Waals surface area contributed by atoms with Crippen LogP contribution in [0.1, 0.15) is 30.0 Å². The predicted octanol–water partition coefficient (Wildman–Crippen LogP) is 1.67. The molecule has 0 amide bonds. The van der Waals surface area contributed by atoms with Crippen LogP contribution in [-0.4, -0.2) is 32.8 Å². The summed E-state index contributed by atoms with van der Waals surface area (Å²) >= 11 is 0. The maximum Gasteiger partial charge on any atom is 0.338 e. The van der Waals surface area contributed by atoms with E-state index in [2.05, 4.69) is 9.97 Å². The Labute approximate surface area is 102 Å². The molecule has 0 saturated carbocycles. The molecule has 1 aromatic carbocycles. The summed E-state index contributed by atoms with van der Waals surface area (Å²) in [6, 6.07) is 2.12. The SMILES string of the molecule is CC(C)(CO)c1nc2c(C(=O)O)cc(F)cc2[nH]1. The number of hydrogen-bond acceptors (Lipinski definition) is 3. The van der Waals surface area contributed by atoms with Crippen molar-refractivity contribution in [2.24, 2.45) is 0 Å². The Morgan fingerprint density at radius 1 is 1.50 bits per heavy atom. The van der Waals surface area contributed by atoms with Gasteiger partial charge in [-0.15, -0.1) is 0 Å². The number of carboxylic acid groups (broad SMARTS) is 1. The fraction of sp³-hybridized carbons (Fsp3) is 0.333. The number of rotatable bonds is 3. The smallest absolute Gasteiger partial charge is 0.338 e. The zero-order chi connectivity index (χ0) is 13.5. The second kappa shape index (κ2) is 4.06. The van der Waals surface area contributed by atoms with Gasteiger partial charge in [0.25, 0.3) is 0 Å². The minimum atomic E-state index is -1.24. The van der Waals surface area contributed by atoms with Crippen LogP contribution in [0, 0.1) is 5.82 Å². The van der Waals surface area contributed by atoms with Crippen LogP contribution < -0.4 is 0 Å². The highest BCUT2D eigenvalue weighted by Crippen LogP contribution is 2.25. The van der Waals surface area contributed by atoms with E-state index in [4.69, 9.17) is 5.11 Å². The number of imidazole rings is 1. The van der Waals surface area contributed by atoms with Gasteiger partial charge in [0, 0.05) is 5.41 Å². The van der Waals surface area contributed by atoms with Gasteiger partial charge in [-0.3, -0.25) is 0 Å². The summed E-state index contributed by atoms with van der Waals surface area (Å²) in [5, 5.41) is 18.3. The minimum absolute atomic E-state index is 0.155. The molecule has 0 aliphatic heterocycles. The Bertz CT molecular complexity index is 619. The van der Waals surface area contributed by atoms with Crippen molar-refractivity contribution < 1.29 is 19.4 Å². The van der Waals surface area contributed by atoms with E-state index in [9.17, 15) is 14.3 Å². The van der Waals surface area contributed by atoms with Gasteiger partial charge < -0.3 is 15.2 Å². The topological polar surface area (TPSA) is 86.2 Å². The molecule has 0 aliphatic carbocycles. The van der Waals surface area contributed by atoms with Crippen LogP contribution in [0.3, 0.4) is 0 Å². The number of aromatic amines is 1. The molecule has 0 aliphatic rings. The summed E-state index contributed by atoms with van der Waals surface area (Å²) in [6.45, 7) is 3.35. The van der Waals surface area contributed by atoms with Gasteiger partial charge in [-0.05, 0) is 12.1 Å². The monoisotopic (exact) mass is 252 g/mol. The van der Waals surface area contributed by atoms with Crippen LogP contribution in [0.25, 0.3) is 11.0 Å². The van der Waals surface area contributed by atoms with Crippen LogP contribution >= 0.6 is 0 Å². The van der Waals surface area contributed by atoms with Crippen molar-refractivity contribution in [1.82, 2.24) is 9.97 Å². The first kappa shape index (κ1) is 12.5. The molecule has 2 rings (SSSR count). The second-order valence-corrected chi connectivity index (χ2v) is 4.78. The molecule has 6 heteroatoms. The standard InChI is InChI=1S/C12H13FN2O3/c1-12(2,5-16)11-14-8-4-6(13)3-7(10(17)18)9(8)15-11/h3-4,16H,5H2,1-2H3,(H,14,15)(H,17,18). The molecule has 3 N–H and O–H groups in total. The number of halogens is 1. The van der Waals surface area contributed by atoms with Gasteiger partial charge in [0.2, 0.25) is 0 Å². The number of fused-ring (bicyclic) bond motifs is 1. The Morgan fingerprint density at radius 2 is 2.17 bits per heavy atom. The van der Waals surface area contributed by atoms with Gasteiger partial charge in [-0.2, -0.15) is 0 Å². The average molecular weight is 252 g/mol. The summed E-state index contributed by atoms with van der Waals surface area (Å²) in [6.07, 6.45) is 0. The molecular formula is C12H13FN2O3. The summed E-state index contributed by atoms with van der Waals surface area (Å²) in [4.78, 5) is 18.0. The average Bonchev–Trinajstić information content (AvgIpc) is 2.71. The van der Waals surface area contributed by atoms with E-state index in [1.54, 1.807) is 13.8 Å². The van der Waals surface area contributed by atoms with Crippen molar-refractivity contribution in [3.63, 3.8) is 0 Å². The zero-order valence-electron chi connectivity index (χ0n) is 9.99. The van der Waals surface area contributed by atoms with Crippen LogP contribution in [0.2, 0.25) is 0 Å². The Morgan fingerprint density at radius 3 is 2.72 bits per heavy atom. The number of aliphatic hydroxyl groups excluding tert-OH is 1. The molecule has 0 atom stereocenters. The molecule has 0 saturated heterocycles. The first-order valence-electron chi connectivity index (χ1n) is 5.39. The summed E-state index contributed by atoms with van der Waals surface area (Å²) in [7, 11) is 0. The normalized spacial score (nSPS) is 12.0. The third-order valence-corrected chi connectivity index (χ3v) is 2.82. The summed E-state index contributed by atoms with van der Waals surface area (Å²) < 4.78 is 13.3. The molecule has 0 fully saturated rings. The fourth-order valence-corrected chi connectivity index (χ4v) is 1.64. The molecule has 96 valence electrons. The van der Waals surface area contributed by atoms with Crippen molar-refractivity contribution in [2.45, 2.75) is 19.3 Å². The number of hydrogen-bond donors (Lipinski definition) is 3. The first-order chi connectivity index (χ1) is 8.35. The molecule has 0 unspecified atom stereocenters. The van der Waals surface area contributed by atoms with Crippen LogP contribution in [0.4, 0.5) is 4.39 Å². The Balaban J connectivity index is 2.71. The van der Waals surface area contributed by atoms with E-state index in [1.807, 2.05) is 0 Å². The summed E-state index contributed by atoms with van der Waals surface area (Å²) in [5.74, 6) is -1.45. The third-order valence-electron chi connectivity index (χ3n) is 2.82. The minimum Gasteiger partial charge on any atom is -0.478 e. The van der Waals surface area contributed by atoms with Gasteiger partial charge in [0.05, 0.1) is 17.7 Å². The van der Waals surface area contributed by atoms with E-state index in [0.717, 1.165) is 6.07 Å². The predicted molar refractivity (Wildman–Crippen MR) is 63.1 cm³/mol. The van der Waals surface area contributed by atoms with Crippen molar-refractivity contribution in [3.8, 4) is 0 Å². The maximum absolute atomic E-state index is 13.3. The van der Waals surface area contributed by atoms with Crippen molar-refractivity contribution in [3.05, 3.63) is 29.3 Å². The quantitative estimate of drug-likeness (QED) is 0.775. The lowest BCUT2D eigenvalue weighted by Gasteiger charge is -2.17. The lowest BCUT2D eigenvalue weighted by atomic mass is 9.94. The number of nitrogens with zero attached hydrogens (tertiary/aromatic N) is 1. The van der Waals surface area contributed by atoms with Gasteiger partial charge >= 0.3 is 5.97 Å². The number of carboxylic acids is 1. The van der Waals surface area contributed by atoms with Crippen LogP contribution in [0.15, 0.2) is 12.1 Å². The van der Waals surface area contributed by atoms with E-state index in [-0.39, 0.29) is 17.7 Å². The van der Waals surface area contributed by atoms with Crippen LogP contribution in [0.5, 0.6) is 0 Å². The third kappa shape index (κ3) is 1.95. The maximum atomic E-state index is 13.3.